The molecule has 18 heavy (non-hydrogen) atoms. The molecule has 9 heteroatoms. The number of H-pyrrole nitrogens is 2. The molecule has 0 bridgehead atoms. The summed E-state index contributed by atoms with van der Waals surface area (Å²) in [5.41, 5.74) is -1.13. The second-order valence-electron chi connectivity index (χ2n) is 3.35. The van der Waals surface area contributed by atoms with E-state index < -0.39 is 11.2 Å². The molecule has 0 amide bonds. The minimum atomic E-state index is -0.612. The lowest BCUT2D eigenvalue weighted by atomic mass is 10.5. The van der Waals surface area contributed by atoms with E-state index in [0.29, 0.717) is 0 Å². The summed E-state index contributed by atoms with van der Waals surface area (Å²) < 4.78 is 0. The number of hydrogen-bond donors (Lipinski definition) is 5. The number of aromatic nitrogens is 2. The summed E-state index contributed by atoms with van der Waals surface area (Å²) in [6.07, 6.45) is 1.20. The van der Waals surface area contributed by atoms with Crippen molar-refractivity contribution < 1.29 is 10.2 Å². The fourth-order valence-corrected chi connectivity index (χ4v) is 1.55. The minimum absolute atomic E-state index is 0.0838. The lowest BCUT2D eigenvalue weighted by Gasteiger charge is -2.23. The third kappa shape index (κ3) is 3.95. The van der Waals surface area contributed by atoms with Crippen LogP contribution in [-0.4, -0.2) is 56.5 Å². The molecule has 8 nitrogen and oxygen atoms in total. The molecule has 0 saturated carbocycles. The van der Waals surface area contributed by atoms with Gasteiger partial charge in [-0.25, -0.2) is 4.79 Å². The molecule has 0 atom stereocenters. The third-order valence-corrected chi connectivity index (χ3v) is 2.45. The van der Waals surface area contributed by atoms with Gasteiger partial charge in [0.25, 0.3) is 5.56 Å². The van der Waals surface area contributed by atoms with Gasteiger partial charge in [-0.1, -0.05) is 0 Å². The normalized spacial score (nSPS) is 10.1. The zero-order valence-electron chi connectivity index (χ0n) is 9.47. The zero-order chi connectivity index (χ0) is 13.5. The van der Waals surface area contributed by atoms with Crippen LogP contribution < -0.4 is 16.6 Å². The van der Waals surface area contributed by atoms with Crippen molar-refractivity contribution in [3.05, 3.63) is 27.0 Å². The molecule has 0 aliphatic carbocycles. The second kappa shape index (κ2) is 6.89. The highest BCUT2D eigenvalue weighted by molar-refractivity contribution is 7.80. The van der Waals surface area contributed by atoms with Crippen molar-refractivity contribution in [2.45, 2.75) is 0 Å². The highest BCUT2D eigenvalue weighted by Gasteiger charge is 2.10. The first-order valence-electron chi connectivity index (χ1n) is 5.18. The van der Waals surface area contributed by atoms with Crippen molar-refractivity contribution >= 4 is 23.0 Å². The maximum absolute atomic E-state index is 11.4. The molecule has 0 spiro atoms. The molecule has 0 radical (unpaired) electrons. The van der Waals surface area contributed by atoms with Crippen LogP contribution in [0.4, 0.5) is 5.69 Å². The zero-order valence-corrected chi connectivity index (χ0v) is 10.3. The average Bonchev–Trinajstić information content (AvgIpc) is 2.32. The van der Waals surface area contributed by atoms with Gasteiger partial charge in [-0.15, -0.1) is 0 Å². The van der Waals surface area contributed by atoms with Crippen LogP contribution in [0.25, 0.3) is 0 Å². The van der Waals surface area contributed by atoms with Crippen LogP contribution in [-0.2, 0) is 0 Å². The Morgan fingerprint density at radius 1 is 1.33 bits per heavy atom. The molecule has 0 unspecified atom stereocenters. The van der Waals surface area contributed by atoms with E-state index in [1.54, 1.807) is 0 Å². The Balaban J connectivity index is 2.78. The molecule has 0 saturated heterocycles. The van der Waals surface area contributed by atoms with Crippen molar-refractivity contribution in [1.29, 1.82) is 0 Å². The Morgan fingerprint density at radius 3 is 2.44 bits per heavy atom. The number of aliphatic hydroxyl groups is 2. The number of nitrogens with zero attached hydrogens (tertiary/aromatic N) is 1. The number of aromatic amines is 2. The molecule has 100 valence electrons. The monoisotopic (exact) mass is 274 g/mol. The number of aliphatic hydroxyl groups excluding tert-OH is 2. The van der Waals surface area contributed by atoms with Gasteiger partial charge in [-0.3, -0.25) is 9.78 Å². The summed E-state index contributed by atoms with van der Waals surface area (Å²) in [6, 6.07) is 0. The van der Waals surface area contributed by atoms with Crippen LogP contribution in [0.2, 0.25) is 0 Å². The van der Waals surface area contributed by atoms with E-state index in [0.717, 1.165) is 0 Å². The predicted molar refractivity (Wildman–Crippen MR) is 69.6 cm³/mol. The summed E-state index contributed by atoms with van der Waals surface area (Å²) >= 11 is 5.03. The van der Waals surface area contributed by atoms with E-state index in [1.165, 1.54) is 11.1 Å². The highest BCUT2D eigenvalue weighted by atomic mass is 32.1. The van der Waals surface area contributed by atoms with Crippen molar-refractivity contribution in [2.75, 3.05) is 31.6 Å². The SMILES string of the molecule is O=c1[nH]cc(NC(=S)N(CCO)CCO)c(=O)[nH]1. The Labute approximate surface area is 107 Å². The van der Waals surface area contributed by atoms with Crippen LogP contribution in [0.1, 0.15) is 0 Å². The van der Waals surface area contributed by atoms with Crippen molar-refractivity contribution in [1.82, 2.24) is 14.9 Å². The van der Waals surface area contributed by atoms with Crippen LogP contribution in [0, 0.1) is 0 Å². The molecule has 1 heterocycles. The van der Waals surface area contributed by atoms with Gasteiger partial charge < -0.3 is 25.4 Å². The fraction of sp³-hybridized carbons (Fsp3) is 0.444. The van der Waals surface area contributed by atoms with E-state index in [2.05, 4.69) is 10.3 Å². The maximum Gasteiger partial charge on any atom is 0.325 e. The molecule has 1 aromatic heterocycles. The minimum Gasteiger partial charge on any atom is -0.395 e. The van der Waals surface area contributed by atoms with Crippen LogP contribution >= 0.6 is 12.2 Å². The number of hydrogen-bond acceptors (Lipinski definition) is 5. The molecule has 0 aliphatic rings. The second-order valence-corrected chi connectivity index (χ2v) is 3.74. The van der Waals surface area contributed by atoms with Gasteiger partial charge >= 0.3 is 5.69 Å². The van der Waals surface area contributed by atoms with Crippen molar-refractivity contribution in [3.63, 3.8) is 0 Å². The lowest BCUT2D eigenvalue weighted by Crippen LogP contribution is -2.40. The number of nitrogens with one attached hydrogen (secondary N) is 3. The third-order valence-electron chi connectivity index (χ3n) is 2.09. The van der Waals surface area contributed by atoms with Crippen molar-refractivity contribution in [3.8, 4) is 0 Å². The highest BCUT2D eigenvalue weighted by Crippen LogP contribution is 1.98. The van der Waals surface area contributed by atoms with Gasteiger partial charge in [-0.2, -0.15) is 0 Å². The molecule has 0 fully saturated rings. The summed E-state index contributed by atoms with van der Waals surface area (Å²) in [5, 5.41) is 20.5. The average molecular weight is 274 g/mol. The van der Waals surface area contributed by atoms with E-state index in [4.69, 9.17) is 22.4 Å². The van der Waals surface area contributed by atoms with Crippen LogP contribution in [0.3, 0.4) is 0 Å². The topological polar surface area (TPSA) is 121 Å². The van der Waals surface area contributed by atoms with E-state index in [9.17, 15) is 9.59 Å². The van der Waals surface area contributed by atoms with Gasteiger partial charge in [0.2, 0.25) is 0 Å². The predicted octanol–water partition coefficient (Wildman–Crippen LogP) is -1.95. The first-order chi connectivity index (χ1) is 8.58. The van der Waals surface area contributed by atoms with Crippen LogP contribution in [0.15, 0.2) is 15.8 Å². The molecule has 1 aromatic rings. The number of anilines is 1. The van der Waals surface area contributed by atoms with E-state index in [-0.39, 0.29) is 37.1 Å². The molecule has 0 aromatic carbocycles. The molecule has 1 rings (SSSR count). The molecule has 5 N–H and O–H groups in total. The van der Waals surface area contributed by atoms with Gasteiger partial charge in [0.05, 0.1) is 13.2 Å². The Bertz CT molecular complexity index is 506. The Hall–Kier alpha value is -1.71. The van der Waals surface area contributed by atoms with Gasteiger partial charge in [0, 0.05) is 19.3 Å². The number of thiocarbonyl (C=S) groups is 1. The molecular formula is C9H14N4O4S. The summed E-state index contributed by atoms with van der Waals surface area (Å²) in [7, 11) is 0. The largest absolute Gasteiger partial charge is 0.395 e. The molecule has 0 aliphatic heterocycles. The quantitative estimate of drug-likeness (QED) is 0.395. The molecular weight excluding hydrogens is 260 g/mol. The Morgan fingerprint density at radius 2 is 1.94 bits per heavy atom. The van der Waals surface area contributed by atoms with Gasteiger partial charge in [0.15, 0.2) is 5.11 Å². The first-order valence-corrected chi connectivity index (χ1v) is 5.59. The summed E-state index contributed by atoms with van der Waals surface area (Å²) in [4.78, 5) is 28.1. The summed E-state index contributed by atoms with van der Waals surface area (Å²) in [6.45, 7) is 0.189. The van der Waals surface area contributed by atoms with Gasteiger partial charge in [-0.05, 0) is 12.2 Å². The van der Waals surface area contributed by atoms with Crippen LogP contribution in [0.5, 0.6) is 0 Å². The maximum atomic E-state index is 11.4. The lowest BCUT2D eigenvalue weighted by molar-refractivity contribution is 0.214. The van der Waals surface area contributed by atoms with Crippen molar-refractivity contribution in [2.24, 2.45) is 0 Å². The fourth-order valence-electron chi connectivity index (χ4n) is 1.25. The Kier molecular flexibility index (Phi) is 5.49. The first kappa shape index (κ1) is 14.4. The summed E-state index contributed by atoms with van der Waals surface area (Å²) in [5.74, 6) is 0. The van der Waals surface area contributed by atoms with Gasteiger partial charge in [0.1, 0.15) is 5.69 Å². The standard InChI is InChI=1S/C9H14N4O4S/c14-3-1-13(2-4-15)9(18)11-6-5-10-8(17)12-7(6)16/h5,14-15H,1-4H2,(H,11,18)(H2,10,12,16,17). The smallest absolute Gasteiger partial charge is 0.325 e. The van der Waals surface area contributed by atoms with E-state index >= 15 is 0 Å². The van der Waals surface area contributed by atoms with E-state index in [1.807, 2.05) is 4.98 Å². The number of rotatable bonds is 5.